The number of nitrogens with one attached hydrogen (secondary N) is 2. The van der Waals surface area contributed by atoms with Crippen LogP contribution in [-0.2, 0) is 4.79 Å². The number of thioether (sulfide) groups is 1. The Kier molecular flexibility index (Phi) is 3.01. The van der Waals surface area contributed by atoms with Crippen LogP contribution in [0.4, 0.5) is 11.4 Å². The van der Waals surface area contributed by atoms with Crippen molar-refractivity contribution in [2.24, 2.45) is 0 Å². The van der Waals surface area contributed by atoms with Crippen LogP contribution >= 0.6 is 11.8 Å². The molecule has 2 N–H and O–H groups in total. The zero-order valence-electron chi connectivity index (χ0n) is 11.7. The molecule has 0 spiro atoms. The van der Waals surface area contributed by atoms with E-state index in [0.717, 1.165) is 26.9 Å². The molecule has 2 aliphatic rings. The number of carbonyl (C=O) groups excluding carboxylic acids is 1. The van der Waals surface area contributed by atoms with Gasteiger partial charge in [0.15, 0.2) is 0 Å². The van der Waals surface area contributed by atoms with Gasteiger partial charge in [-0.3, -0.25) is 15.1 Å². The third kappa shape index (κ3) is 2.02. The van der Waals surface area contributed by atoms with Crippen molar-refractivity contribution in [1.29, 1.82) is 5.41 Å². The highest BCUT2D eigenvalue weighted by atomic mass is 32.2. The van der Waals surface area contributed by atoms with Crippen LogP contribution in [-0.4, -0.2) is 11.7 Å². The molecule has 0 bridgehead atoms. The summed E-state index contributed by atoms with van der Waals surface area (Å²) >= 11 is 1.59. The van der Waals surface area contributed by atoms with Crippen molar-refractivity contribution in [3.05, 3.63) is 65.2 Å². The number of hydrogen-bond acceptors (Lipinski definition) is 4. The Hall–Kier alpha value is -2.53. The molecule has 22 heavy (non-hydrogen) atoms. The van der Waals surface area contributed by atoms with E-state index in [-0.39, 0.29) is 18.2 Å². The largest absolute Gasteiger partial charge is 0.349 e. The zero-order valence-corrected chi connectivity index (χ0v) is 12.5. The number of fused-ring (bicyclic) bond motifs is 1. The molecular weight excluding hydrogens is 294 g/mol. The van der Waals surface area contributed by atoms with Gasteiger partial charge in [-0.1, -0.05) is 42.1 Å². The molecule has 4 rings (SSSR count). The van der Waals surface area contributed by atoms with Crippen molar-refractivity contribution in [3.63, 3.8) is 0 Å². The average Bonchev–Trinajstić information content (AvgIpc) is 3.09. The van der Waals surface area contributed by atoms with Crippen LogP contribution in [0.2, 0.25) is 0 Å². The molecule has 0 aromatic heterocycles. The second-order valence-electron chi connectivity index (χ2n) is 5.12. The minimum atomic E-state index is -0.0583. The number of nitrogens with zero attached hydrogens (tertiary/aromatic N) is 1. The van der Waals surface area contributed by atoms with E-state index in [9.17, 15) is 4.79 Å². The lowest BCUT2D eigenvalue weighted by Gasteiger charge is -2.15. The second-order valence-corrected chi connectivity index (χ2v) is 6.17. The Morgan fingerprint density at radius 3 is 2.55 bits per heavy atom. The van der Waals surface area contributed by atoms with E-state index in [1.54, 1.807) is 11.8 Å². The second kappa shape index (κ2) is 5.03. The highest BCUT2D eigenvalue weighted by Gasteiger charge is 2.35. The summed E-state index contributed by atoms with van der Waals surface area (Å²) in [7, 11) is 0. The smallest absolute Gasteiger partial charge is 0.237 e. The highest BCUT2D eigenvalue weighted by molar-refractivity contribution is 8.03. The van der Waals surface area contributed by atoms with Crippen LogP contribution in [0.15, 0.2) is 70.1 Å². The van der Waals surface area contributed by atoms with E-state index >= 15 is 0 Å². The molecule has 2 aliphatic heterocycles. The minimum absolute atomic E-state index is 0.0583. The first kappa shape index (κ1) is 13.2. The summed E-state index contributed by atoms with van der Waals surface area (Å²) in [4.78, 5) is 14.9. The number of carbonyl (C=O) groups is 1. The van der Waals surface area contributed by atoms with Crippen LogP contribution in [0.5, 0.6) is 0 Å². The van der Waals surface area contributed by atoms with Gasteiger partial charge in [0.1, 0.15) is 5.84 Å². The fourth-order valence-corrected chi connectivity index (χ4v) is 3.71. The number of para-hydroxylation sites is 2. The van der Waals surface area contributed by atoms with Crippen LogP contribution in [0.25, 0.3) is 0 Å². The Morgan fingerprint density at radius 2 is 1.77 bits per heavy atom. The Bertz CT molecular complexity index is 787. The third-order valence-corrected chi connectivity index (χ3v) is 4.85. The molecule has 2 aromatic rings. The molecule has 2 aromatic carbocycles. The topological polar surface area (TPSA) is 56.2 Å². The number of amidine groups is 1. The van der Waals surface area contributed by atoms with Crippen LogP contribution < -0.4 is 10.2 Å². The normalized spacial score (nSPS) is 20.3. The standard InChI is InChI=1S/C17H13N3OS/c18-16-12(17-19-13-8-4-5-9-14(13)22-17)10-15(21)20(16)11-6-2-1-3-7-11/h1-9,18-19H,10H2. The fourth-order valence-electron chi connectivity index (χ4n) is 2.67. The molecule has 5 heteroatoms. The van der Waals surface area contributed by atoms with Crippen LogP contribution in [0.3, 0.4) is 0 Å². The monoisotopic (exact) mass is 307 g/mol. The van der Waals surface area contributed by atoms with Gasteiger partial charge in [0.25, 0.3) is 0 Å². The summed E-state index contributed by atoms with van der Waals surface area (Å²) in [6.45, 7) is 0. The summed E-state index contributed by atoms with van der Waals surface area (Å²) in [5.41, 5.74) is 2.54. The molecule has 0 atom stereocenters. The molecule has 1 saturated heterocycles. The molecule has 0 saturated carbocycles. The Morgan fingerprint density at radius 1 is 1.05 bits per heavy atom. The van der Waals surface area contributed by atoms with Crippen LogP contribution in [0.1, 0.15) is 6.42 Å². The van der Waals surface area contributed by atoms with E-state index < -0.39 is 0 Å². The SMILES string of the molecule is N=C1C(=C2Nc3ccccc3S2)CC(=O)N1c1ccccc1. The van der Waals surface area contributed by atoms with Gasteiger partial charge in [0.2, 0.25) is 5.91 Å². The van der Waals surface area contributed by atoms with Crippen molar-refractivity contribution in [1.82, 2.24) is 0 Å². The first-order valence-electron chi connectivity index (χ1n) is 6.98. The maximum absolute atomic E-state index is 12.3. The number of amides is 1. The molecule has 2 heterocycles. The predicted molar refractivity (Wildman–Crippen MR) is 89.2 cm³/mol. The summed E-state index contributed by atoms with van der Waals surface area (Å²) < 4.78 is 0. The zero-order chi connectivity index (χ0) is 15.1. The maximum atomic E-state index is 12.3. The van der Waals surface area contributed by atoms with Gasteiger partial charge in [-0.15, -0.1) is 0 Å². The molecule has 1 fully saturated rings. The first-order chi connectivity index (χ1) is 10.7. The molecule has 0 radical (unpaired) electrons. The number of benzene rings is 2. The van der Waals surface area contributed by atoms with Crippen molar-refractivity contribution in [2.45, 2.75) is 11.3 Å². The van der Waals surface area contributed by atoms with Gasteiger partial charge in [-0.05, 0) is 24.3 Å². The van der Waals surface area contributed by atoms with Gasteiger partial charge in [0, 0.05) is 10.5 Å². The molecular formula is C17H13N3OS. The molecule has 108 valence electrons. The predicted octanol–water partition coefficient (Wildman–Crippen LogP) is 3.83. The average molecular weight is 307 g/mol. The van der Waals surface area contributed by atoms with Crippen molar-refractivity contribution in [3.8, 4) is 0 Å². The first-order valence-corrected chi connectivity index (χ1v) is 7.79. The quantitative estimate of drug-likeness (QED) is 0.842. The van der Waals surface area contributed by atoms with Crippen molar-refractivity contribution < 1.29 is 4.79 Å². The Balaban J connectivity index is 1.70. The Labute approximate surface area is 132 Å². The maximum Gasteiger partial charge on any atom is 0.237 e. The van der Waals surface area contributed by atoms with Crippen molar-refractivity contribution in [2.75, 3.05) is 10.2 Å². The summed E-state index contributed by atoms with van der Waals surface area (Å²) in [5, 5.41) is 12.6. The minimum Gasteiger partial charge on any atom is -0.349 e. The summed E-state index contributed by atoms with van der Waals surface area (Å²) in [5.74, 6) is 0.205. The van der Waals surface area contributed by atoms with E-state index in [1.165, 1.54) is 4.90 Å². The van der Waals surface area contributed by atoms with Gasteiger partial charge in [-0.2, -0.15) is 0 Å². The van der Waals surface area contributed by atoms with Gasteiger partial charge < -0.3 is 5.32 Å². The number of rotatable bonds is 1. The van der Waals surface area contributed by atoms with Gasteiger partial charge in [0.05, 0.1) is 22.8 Å². The number of anilines is 2. The molecule has 0 unspecified atom stereocenters. The fraction of sp³-hybridized carbons (Fsp3) is 0.0588. The van der Waals surface area contributed by atoms with E-state index in [1.807, 2.05) is 54.6 Å². The highest BCUT2D eigenvalue weighted by Crippen LogP contribution is 2.44. The van der Waals surface area contributed by atoms with Crippen LogP contribution in [0, 0.1) is 5.41 Å². The molecule has 4 nitrogen and oxygen atoms in total. The number of hydrogen-bond donors (Lipinski definition) is 2. The lowest BCUT2D eigenvalue weighted by Crippen LogP contribution is -2.28. The summed E-state index contributed by atoms with van der Waals surface area (Å²) in [6, 6.07) is 17.4. The van der Waals surface area contributed by atoms with Crippen molar-refractivity contribution >= 4 is 34.9 Å². The van der Waals surface area contributed by atoms with E-state index in [4.69, 9.17) is 5.41 Å². The van der Waals surface area contributed by atoms with E-state index in [2.05, 4.69) is 5.32 Å². The van der Waals surface area contributed by atoms with Gasteiger partial charge >= 0.3 is 0 Å². The lowest BCUT2D eigenvalue weighted by molar-refractivity contribution is -0.116. The molecule has 1 amide bonds. The van der Waals surface area contributed by atoms with Gasteiger partial charge in [-0.25, -0.2) is 0 Å². The summed E-state index contributed by atoms with van der Waals surface area (Å²) in [6.07, 6.45) is 0.261. The lowest BCUT2D eigenvalue weighted by atomic mass is 10.2. The third-order valence-electron chi connectivity index (χ3n) is 3.72. The van der Waals surface area contributed by atoms with E-state index in [0.29, 0.717) is 0 Å². The molecule has 0 aliphatic carbocycles.